The van der Waals surface area contributed by atoms with E-state index in [2.05, 4.69) is 9.97 Å². The van der Waals surface area contributed by atoms with Crippen LogP contribution in [0.15, 0.2) is 24.3 Å². The Balaban J connectivity index is 2.39. The van der Waals surface area contributed by atoms with Gasteiger partial charge in [0, 0.05) is 31.0 Å². The van der Waals surface area contributed by atoms with Crippen molar-refractivity contribution in [2.75, 3.05) is 19.0 Å². The van der Waals surface area contributed by atoms with E-state index < -0.39 is 5.97 Å². The molecular weight excluding hydrogens is 230 g/mol. The monoisotopic (exact) mass is 245 g/mol. The molecule has 0 saturated heterocycles. The number of nitrogens with one attached hydrogen (secondary N) is 1. The molecule has 0 unspecified atom stereocenters. The minimum atomic E-state index is -1.05. The number of hydrogen-bond donors (Lipinski definition) is 2. The van der Waals surface area contributed by atoms with Crippen molar-refractivity contribution in [3.63, 3.8) is 0 Å². The first-order chi connectivity index (χ1) is 8.49. The number of hydrogen-bond acceptors (Lipinski definition) is 3. The van der Waals surface area contributed by atoms with Crippen LogP contribution in [0.25, 0.3) is 11.3 Å². The molecule has 18 heavy (non-hydrogen) atoms. The van der Waals surface area contributed by atoms with Crippen LogP contribution >= 0.6 is 0 Å². The number of aryl methyl sites for hydroxylation is 1. The number of carbonyl (C=O) groups is 1. The third kappa shape index (κ3) is 2.20. The van der Waals surface area contributed by atoms with Gasteiger partial charge in [0.25, 0.3) is 0 Å². The first kappa shape index (κ1) is 12.2. The highest BCUT2D eigenvalue weighted by Gasteiger charge is 2.13. The van der Waals surface area contributed by atoms with E-state index in [1.807, 2.05) is 50.2 Å². The third-order valence-electron chi connectivity index (χ3n) is 2.74. The van der Waals surface area contributed by atoms with Gasteiger partial charge in [-0.1, -0.05) is 12.1 Å². The van der Waals surface area contributed by atoms with Gasteiger partial charge in [0.15, 0.2) is 0 Å². The lowest BCUT2D eigenvalue weighted by atomic mass is 10.1. The first-order valence-electron chi connectivity index (χ1n) is 5.56. The van der Waals surface area contributed by atoms with Crippen LogP contribution in [-0.2, 0) is 0 Å². The van der Waals surface area contributed by atoms with Gasteiger partial charge in [-0.3, -0.25) is 0 Å². The summed E-state index contributed by atoms with van der Waals surface area (Å²) in [5, 5.41) is 8.89. The van der Waals surface area contributed by atoms with E-state index in [-0.39, 0.29) is 5.82 Å². The molecule has 0 amide bonds. The third-order valence-corrected chi connectivity index (χ3v) is 2.74. The minimum absolute atomic E-state index is 0.0285. The van der Waals surface area contributed by atoms with Crippen molar-refractivity contribution in [1.82, 2.24) is 9.97 Å². The second kappa shape index (κ2) is 4.52. The van der Waals surface area contributed by atoms with Gasteiger partial charge in [-0.2, -0.15) is 0 Å². The quantitative estimate of drug-likeness (QED) is 0.869. The van der Waals surface area contributed by atoms with Crippen LogP contribution in [-0.4, -0.2) is 35.1 Å². The number of carboxylic acid groups (broad SMARTS) is 1. The Morgan fingerprint density at radius 3 is 2.33 bits per heavy atom. The molecule has 1 aromatic heterocycles. The van der Waals surface area contributed by atoms with Crippen LogP contribution in [0.5, 0.6) is 0 Å². The summed E-state index contributed by atoms with van der Waals surface area (Å²) < 4.78 is 0. The van der Waals surface area contributed by atoms with Crippen molar-refractivity contribution >= 4 is 11.7 Å². The van der Waals surface area contributed by atoms with Gasteiger partial charge in [-0.25, -0.2) is 9.78 Å². The van der Waals surface area contributed by atoms with E-state index in [9.17, 15) is 4.79 Å². The number of aromatic nitrogens is 2. The standard InChI is InChI=1S/C13H15N3O2/c1-8-11(15-12(14-8)13(17)18)9-4-6-10(7-5-9)16(2)3/h4-7H,1-3H3,(H,14,15)(H,17,18). The number of aromatic carboxylic acids is 1. The van der Waals surface area contributed by atoms with Crippen molar-refractivity contribution in [3.8, 4) is 11.3 Å². The van der Waals surface area contributed by atoms with Crippen LogP contribution < -0.4 is 4.90 Å². The number of nitrogens with zero attached hydrogens (tertiary/aromatic N) is 2. The molecule has 0 saturated carbocycles. The molecular formula is C13H15N3O2. The maximum Gasteiger partial charge on any atom is 0.371 e. The summed E-state index contributed by atoms with van der Waals surface area (Å²) in [6, 6.07) is 7.82. The summed E-state index contributed by atoms with van der Waals surface area (Å²) in [6.07, 6.45) is 0. The number of benzene rings is 1. The molecule has 1 heterocycles. The number of rotatable bonds is 3. The molecule has 2 N–H and O–H groups in total. The Hall–Kier alpha value is -2.30. The van der Waals surface area contributed by atoms with Gasteiger partial charge >= 0.3 is 5.97 Å². The van der Waals surface area contributed by atoms with Crippen molar-refractivity contribution in [1.29, 1.82) is 0 Å². The Morgan fingerprint density at radius 1 is 1.28 bits per heavy atom. The number of carboxylic acids is 1. The summed E-state index contributed by atoms with van der Waals surface area (Å²) in [7, 11) is 3.94. The predicted molar refractivity (Wildman–Crippen MR) is 70.0 cm³/mol. The summed E-state index contributed by atoms with van der Waals surface area (Å²) in [6.45, 7) is 1.81. The summed E-state index contributed by atoms with van der Waals surface area (Å²) in [4.78, 5) is 19.7. The molecule has 0 radical (unpaired) electrons. The highest BCUT2D eigenvalue weighted by atomic mass is 16.4. The SMILES string of the molecule is Cc1[nH]c(C(=O)O)nc1-c1ccc(N(C)C)cc1. The van der Waals surface area contributed by atoms with E-state index in [0.717, 1.165) is 16.9 Å². The first-order valence-corrected chi connectivity index (χ1v) is 5.56. The molecule has 0 aliphatic heterocycles. The lowest BCUT2D eigenvalue weighted by molar-refractivity contribution is 0.0684. The van der Waals surface area contributed by atoms with Crippen molar-refractivity contribution < 1.29 is 9.90 Å². The molecule has 1 aromatic carbocycles. The molecule has 5 heteroatoms. The molecule has 0 aliphatic carbocycles. The zero-order chi connectivity index (χ0) is 13.3. The van der Waals surface area contributed by atoms with E-state index in [1.54, 1.807) is 0 Å². The number of H-pyrrole nitrogens is 1. The molecule has 94 valence electrons. The highest BCUT2D eigenvalue weighted by Crippen LogP contribution is 2.23. The van der Waals surface area contributed by atoms with Gasteiger partial charge in [0.05, 0.1) is 5.69 Å². The van der Waals surface area contributed by atoms with Gasteiger partial charge in [-0.05, 0) is 19.1 Å². The van der Waals surface area contributed by atoms with Gasteiger partial charge in [0.1, 0.15) is 0 Å². The molecule has 0 atom stereocenters. The van der Waals surface area contributed by atoms with E-state index >= 15 is 0 Å². The topological polar surface area (TPSA) is 69.2 Å². The van der Waals surface area contributed by atoms with Crippen LogP contribution in [0.3, 0.4) is 0 Å². The van der Waals surface area contributed by atoms with Gasteiger partial charge in [0.2, 0.25) is 5.82 Å². The minimum Gasteiger partial charge on any atom is -0.475 e. The van der Waals surface area contributed by atoms with Crippen molar-refractivity contribution in [2.24, 2.45) is 0 Å². The summed E-state index contributed by atoms with van der Waals surface area (Å²) in [5.41, 5.74) is 3.43. The largest absolute Gasteiger partial charge is 0.475 e. The van der Waals surface area contributed by atoms with Crippen LogP contribution in [0.1, 0.15) is 16.3 Å². The van der Waals surface area contributed by atoms with Gasteiger partial charge < -0.3 is 15.0 Å². The maximum atomic E-state index is 10.8. The van der Waals surface area contributed by atoms with Crippen LogP contribution in [0, 0.1) is 6.92 Å². The molecule has 2 aromatic rings. The fraction of sp³-hybridized carbons (Fsp3) is 0.231. The fourth-order valence-corrected chi connectivity index (χ4v) is 1.76. The van der Waals surface area contributed by atoms with E-state index in [0.29, 0.717) is 5.69 Å². The van der Waals surface area contributed by atoms with E-state index in [4.69, 9.17) is 5.11 Å². The number of aromatic amines is 1. The molecule has 0 bridgehead atoms. The second-order valence-corrected chi connectivity index (χ2v) is 4.31. The Morgan fingerprint density at radius 2 is 1.89 bits per heavy atom. The zero-order valence-corrected chi connectivity index (χ0v) is 10.6. The lowest BCUT2D eigenvalue weighted by Gasteiger charge is -2.12. The second-order valence-electron chi connectivity index (χ2n) is 4.31. The zero-order valence-electron chi connectivity index (χ0n) is 10.6. The Kier molecular flexibility index (Phi) is 3.06. The van der Waals surface area contributed by atoms with Crippen molar-refractivity contribution in [3.05, 3.63) is 35.8 Å². The molecule has 0 aliphatic rings. The maximum absolute atomic E-state index is 10.8. The lowest BCUT2D eigenvalue weighted by Crippen LogP contribution is -2.07. The molecule has 2 rings (SSSR count). The predicted octanol–water partition coefficient (Wildman–Crippen LogP) is 2.15. The normalized spacial score (nSPS) is 10.4. The average molecular weight is 245 g/mol. The highest BCUT2D eigenvalue weighted by molar-refractivity contribution is 5.84. The Bertz CT molecular complexity index is 570. The smallest absolute Gasteiger partial charge is 0.371 e. The number of imidazole rings is 1. The molecule has 0 spiro atoms. The average Bonchev–Trinajstić information content (AvgIpc) is 2.71. The van der Waals surface area contributed by atoms with Gasteiger partial charge in [-0.15, -0.1) is 0 Å². The molecule has 0 fully saturated rings. The summed E-state index contributed by atoms with van der Waals surface area (Å²) in [5.74, 6) is -1.08. The van der Waals surface area contributed by atoms with E-state index in [1.165, 1.54) is 0 Å². The van der Waals surface area contributed by atoms with Crippen molar-refractivity contribution in [2.45, 2.75) is 6.92 Å². The van der Waals surface area contributed by atoms with Crippen LogP contribution in [0.2, 0.25) is 0 Å². The van der Waals surface area contributed by atoms with Crippen LogP contribution in [0.4, 0.5) is 5.69 Å². The fourth-order valence-electron chi connectivity index (χ4n) is 1.76. The Labute approximate surface area is 105 Å². The molecule has 5 nitrogen and oxygen atoms in total. The number of anilines is 1. The summed E-state index contributed by atoms with van der Waals surface area (Å²) >= 11 is 0.